The van der Waals surface area contributed by atoms with Gasteiger partial charge in [-0.3, -0.25) is 0 Å². The Morgan fingerprint density at radius 3 is 2.44 bits per heavy atom. The van der Waals surface area contributed by atoms with Crippen molar-refractivity contribution in [1.82, 2.24) is 14.9 Å². The summed E-state index contributed by atoms with van der Waals surface area (Å²) < 4.78 is 11.0. The molecule has 146 valence electrons. The van der Waals surface area contributed by atoms with Gasteiger partial charge in [0.15, 0.2) is 0 Å². The Hall–Kier alpha value is -2.18. The standard InChI is InChI=1S/C21H29N3O3/c1-3-26-19-18(16-22-20(23-19)27-4-2)21(25)11-14-24(15-12-21)13-10-17-8-6-5-7-9-17/h5-9,16,25H,3-4,10-15H2,1-2H3. The second kappa shape index (κ2) is 9.15. The van der Waals surface area contributed by atoms with Crippen LogP contribution >= 0.6 is 0 Å². The quantitative estimate of drug-likeness (QED) is 0.770. The summed E-state index contributed by atoms with van der Waals surface area (Å²) >= 11 is 0. The highest BCUT2D eigenvalue weighted by Crippen LogP contribution is 2.37. The van der Waals surface area contributed by atoms with E-state index in [9.17, 15) is 5.11 Å². The molecule has 1 saturated heterocycles. The van der Waals surface area contributed by atoms with Crippen molar-refractivity contribution in [2.75, 3.05) is 32.8 Å². The fraction of sp³-hybridized carbons (Fsp3) is 0.524. The van der Waals surface area contributed by atoms with Gasteiger partial charge in [0.1, 0.15) is 0 Å². The van der Waals surface area contributed by atoms with Crippen molar-refractivity contribution >= 4 is 0 Å². The van der Waals surface area contributed by atoms with E-state index in [-0.39, 0.29) is 6.01 Å². The Morgan fingerprint density at radius 2 is 1.78 bits per heavy atom. The van der Waals surface area contributed by atoms with Crippen molar-refractivity contribution in [3.8, 4) is 11.9 Å². The monoisotopic (exact) mass is 371 g/mol. The third kappa shape index (κ3) is 4.96. The molecule has 1 aliphatic heterocycles. The van der Waals surface area contributed by atoms with Gasteiger partial charge in [-0.1, -0.05) is 30.3 Å². The summed E-state index contributed by atoms with van der Waals surface area (Å²) in [5.74, 6) is 0.427. The van der Waals surface area contributed by atoms with Gasteiger partial charge in [0.25, 0.3) is 0 Å². The topological polar surface area (TPSA) is 67.7 Å². The van der Waals surface area contributed by atoms with Crippen molar-refractivity contribution in [1.29, 1.82) is 0 Å². The molecule has 0 spiro atoms. The van der Waals surface area contributed by atoms with Crippen molar-refractivity contribution in [2.24, 2.45) is 0 Å². The number of hydrogen-bond acceptors (Lipinski definition) is 6. The molecule has 3 rings (SSSR count). The van der Waals surface area contributed by atoms with Crippen LogP contribution < -0.4 is 9.47 Å². The van der Waals surface area contributed by atoms with Gasteiger partial charge in [0.2, 0.25) is 5.88 Å². The smallest absolute Gasteiger partial charge is 0.319 e. The number of aromatic nitrogens is 2. The summed E-state index contributed by atoms with van der Waals surface area (Å²) in [5.41, 5.74) is 1.05. The minimum atomic E-state index is -0.960. The number of aliphatic hydroxyl groups is 1. The zero-order valence-electron chi connectivity index (χ0n) is 16.2. The number of benzene rings is 1. The van der Waals surface area contributed by atoms with E-state index in [1.54, 1.807) is 6.20 Å². The van der Waals surface area contributed by atoms with Crippen LogP contribution in [0.3, 0.4) is 0 Å². The van der Waals surface area contributed by atoms with Crippen molar-refractivity contribution in [3.63, 3.8) is 0 Å². The van der Waals surface area contributed by atoms with Crippen LogP contribution in [0.15, 0.2) is 36.5 Å². The van der Waals surface area contributed by atoms with Crippen LogP contribution in [0.5, 0.6) is 11.9 Å². The van der Waals surface area contributed by atoms with E-state index in [0.717, 1.165) is 26.1 Å². The molecule has 0 bridgehead atoms. The molecule has 2 aromatic rings. The van der Waals surface area contributed by atoms with Gasteiger partial charge in [-0.2, -0.15) is 4.98 Å². The molecule has 6 heteroatoms. The van der Waals surface area contributed by atoms with Crippen molar-refractivity contribution < 1.29 is 14.6 Å². The maximum atomic E-state index is 11.2. The third-order valence-corrected chi connectivity index (χ3v) is 5.03. The normalized spacial score (nSPS) is 16.9. The fourth-order valence-electron chi connectivity index (χ4n) is 3.46. The highest BCUT2D eigenvalue weighted by Gasteiger charge is 2.37. The molecule has 0 saturated carbocycles. The largest absolute Gasteiger partial charge is 0.478 e. The third-order valence-electron chi connectivity index (χ3n) is 5.03. The van der Waals surface area contributed by atoms with Gasteiger partial charge in [-0.05, 0) is 38.7 Å². The van der Waals surface area contributed by atoms with Crippen molar-refractivity contribution in [3.05, 3.63) is 47.7 Å². The van der Waals surface area contributed by atoms with E-state index < -0.39 is 5.60 Å². The first kappa shape index (κ1) is 19.6. The summed E-state index contributed by atoms with van der Waals surface area (Å²) in [6.07, 6.45) is 3.96. The fourth-order valence-corrected chi connectivity index (χ4v) is 3.46. The molecule has 27 heavy (non-hydrogen) atoms. The van der Waals surface area contributed by atoms with E-state index in [4.69, 9.17) is 9.47 Å². The molecule has 2 heterocycles. The minimum Gasteiger partial charge on any atom is -0.478 e. The zero-order valence-corrected chi connectivity index (χ0v) is 16.2. The van der Waals surface area contributed by atoms with Crippen LogP contribution in [0.2, 0.25) is 0 Å². The number of ether oxygens (including phenoxy) is 2. The number of hydrogen-bond donors (Lipinski definition) is 1. The van der Waals surface area contributed by atoms with E-state index in [1.165, 1.54) is 5.56 Å². The van der Waals surface area contributed by atoms with E-state index in [1.807, 2.05) is 19.9 Å². The molecular formula is C21H29N3O3. The maximum absolute atomic E-state index is 11.2. The molecule has 6 nitrogen and oxygen atoms in total. The summed E-state index contributed by atoms with van der Waals surface area (Å²) in [6, 6.07) is 10.8. The number of piperidine rings is 1. The second-order valence-electron chi connectivity index (χ2n) is 6.85. The molecule has 1 aromatic carbocycles. The molecule has 1 N–H and O–H groups in total. The molecule has 1 aliphatic rings. The first-order valence-corrected chi connectivity index (χ1v) is 9.76. The van der Waals surface area contributed by atoms with Gasteiger partial charge in [-0.15, -0.1) is 0 Å². The van der Waals surface area contributed by atoms with E-state index >= 15 is 0 Å². The van der Waals surface area contributed by atoms with Crippen LogP contribution in [0.1, 0.15) is 37.8 Å². The lowest BCUT2D eigenvalue weighted by Gasteiger charge is -2.38. The van der Waals surface area contributed by atoms with Crippen LogP contribution in [0.25, 0.3) is 0 Å². The zero-order chi connectivity index (χ0) is 19.1. The lowest BCUT2D eigenvalue weighted by Crippen LogP contribution is -2.43. The first-order valence-electron chi connectivity index (χ1n) is 9.76. The molecule has 1 fully saturated rings. The number of likely N-dealkylation sites (tertiary alicyclic amines) is 1. The highest BCUT2D eigenvalue weighted by atomic mass is 16.5. The predicted molar refractivity (Wildman–Crippen MR) is 104 cm³/mol. The Bertz CT molecular complexity index is 716. The lowest BCUT2D eigenvalue weighted by molar-refractivity contribution is -0.0282. The molecule has 1 aromatic heterocycles. The summed E-state index contributed by atoms with van der Waals surface area (Å²) in [4.78, 5) is 11.0. The minimum absolute atomic E-state index is 0.286. The average molecular weight is 371 g/mol. The lowest BCUT2D eigenvalue weighted by atomic mass is 9.85. The molecular weight excluding hydrogens is 342 g/mol. The van der Waals surface area contributed by atoms with Crippen LogP contribution in [-0.4, -0.2) is 52.8 Å². The predicted octanol–water partition coefficient (Wildman–Crippen LogP) is 2.80. The maximum Gasteiger partial charge on any atom is 0.319 e. The van der Waals surface area contributed by atoms with Crippen LogP contribution in [0.4, 0.5) is 0 Å². The summed E-state index contributed by atoms with van der Waals surface area (Å²) in [5, 5.41) is 11.2. The summed E-state index contributed by atoms with van der Waals surface area (Å²) in [7, 11) is 0. The van der Waals surface area contributed by atoms with Gasteiger partial charge in [0.05, 0.1) is 24.4 Å². The van der Waals surface area contributed by atoms with Gasteiger partial charge >= 0.3 is 6.01 Å². The Morgan fingerprint density at radius 1 is 1.07 bits per heavy atom. The van der Waals surface area contributed by atoms with Crippen LogP contribution in [0, 0.1) is 0 Å². The number of rotatable bonds is 8. The Kier molecular flexibility index (Phi) is 6.63. The molecule has 0 unspecified atom stereocenters. The first-order chi connectivity index (χ1) is 13.1. The van der Waals surface area contributed by atoms with E-state index in [2.05, 4.69) is 39.1 Å². The Labute approximate surface area is 161 Å². The second-order valence-corrected chi connectivity index (χ2v) is 6.85. The van der Waals surface area contributed by atoms with Crippen molar-refractivity contribution in [2.45, 2.75) is 38.7 Å². The average Bonchev–Trinajstić information content (AvgIpc) is 2.69. The van der Waals surface area contributed by atoms with E-state index in [0.29, 0.717) is 37.5 Å². The Balaban J connectivity index is 1.64. The molecule has 0 radical (unpaired) electrons. The van der Waals surface area contributed by atoms with Gasteiger partial charge in [-0.25, -0.2) is 4.98 Å². The van der Waals surface area contributed by atoms with Crippen LogP contribution in [-0.2, 0) is 12.0 Å². The highest BCUT2D eigenvalue weighted by molar-refractivity contribution is 5.32. The molecule has 0 aliphatic carbocycles. The SMILES string of the molecule is CCOc1ncc(C2(O)CCN(CCc3ccccc3)CC2)c(OCC)n1. The van der Waals surface area contributed by atoms with Gasteiger partial charge < -0.3 is 19.5 Å². The molecule has 0 atom stereocenters. The summed E-state index contributed by atoms with van der Waals surface area (Å²) in [6.45, 7) is 7.43. The number of nitrogens with zero attached hydrogens (tertiary/aromatic N) is 3. The molecule has 0 amide bonds. The van der Waals surface area contributed by atoms with Gasteiger partial charge in [0, 0.05) is 25.8 Å².